The van der Waals surface area contributed by atoms with Gasteiger partial charge in [0.15, 0.2) is 0 Å². The van der Waals surface area contributed by atoms with Crippen LogP contribution in [-0.4, -0.2) is 225 Å². The van der Waals surface area contributed by atoms with Gasteiger partial charge in [0.2, 0.25) is 0 Å². The summed E-state index contributed by atoms with van der Waals surface area (Å²) in [7, 11) is 3.55. The van der Waals surface area contributed by atoms with Crippen molar-refractivity contribution in [3.8, 4) is 0 Å². The summed E-state index contributed by atoms with van der Waals surface area (Å²) < 4.78 is 104. The molecule has 0 aliphatic carbocycles. The molecule has 0 spiro atoms. The molecule has 0 aliphatic heterocycles. The minimum absolute atomic E-state index is 0.0489. The summed E-state index contributed by atoms with van der Waals surface area (Å²) in [6, 6.07) is 0. The second-order valence-corrected chi connectivity index (χ2v) is 23.0. The Labute approximate surface area is 426 Å². The average Bonchev–Trinajstić information content (AvgIpc) is 3.36. The van der Waals surface area contributed by atoms with Gasteiger partial charge in [-0.2, -0.15) is 0 Å². The van der Waals surface area contributed by atoms with Gasteiger partial charge in [0, 0.05) is 66.6 Å². The Kier molecular flexibility index (Phi) is 52.7. The molecule has 70 heavy (non-hydrogen) atoms. The Balaban J connectivity index is 4.94. The number of rotatable bonds is 60. The Bertz CT molecular complexity index is 915. The van der Waals surface area contributed by atoms with Crippen molar-refractivity contribution in [3.05, 3.63) is 0 Å². The second-order valence-electron chi connectivity index (χ2n) is 16.9. The molecule has 0 fully saturated rings. The summed E-state index contributed by atoms with van der Waals surface area (Å²) in [4.78, 5) is 12.8. The summed E-state index contributed by atoms with van der Waals surface area (Å²) in [5.41, 5.74) is 0.0978. The lowest BCUT2D eigenvalue weighted by Crippen LogP contribution is -2.51. The lowest BCUT2D eigenvalue weighted by molar-refractivity contribution is -0.119. The zero-order chi connectivity index (χ0) is 51.3. The molecule has 0 saturated carbocycles. The third-order valence-corrected chi connectivity index (χ3v) is 17.8. The van der Waals surface area contributed by atoms with E-state index in [4.69, 9.17) is 83.4 Å². The molecule has 0 aromatic heterocycles. The fourth-order valence-electron chi connectivity index (χ4n) is 7.11. The maximum Gasteiger partial charge on any atom is 0.504 e. The van der Waals surface area contributed by atoms with Gasteiger partial charge in [-0.25, -0.2) is 0 Å². The Morgan fingerprint density at radius 2 is 0.486 bits per heavy atom. The van der Waals surface area contributed by atoms with Crippen LogP contribution in [0.1, 0.15) is 104 Å². The molecule has 0 aromatic rings. The van der Waals surface area contributed by atoms with E-state index >= 15 is 0 Å². The molecule has 2 atom stereocenters. The van der Waals surface area contributed by atoms with E-state index in [9.17, 15) is 4.79 Å². The van der Waals surface area contributed by atoms with E-state index < -0.39 is 17.6 Å². The van der Waals surface area contributed by atoms with Gasteiger partial charge < -0.3 is 83.4 Å². The number of ketones is 1. The van der Waals surface area contributed by atoms with Crippen LogP contribution in [0, 0.1) is 0 Å². The first-order chi connectivity index (χ1) is 34.3. The van der Waals surface area contributed by atoms with E-state index in [0.717, 1.165) is 77.0 Å². The van der Waals surface area contributed by atoms with E-state index in [2.05, 4.69) is 13.8 Å². The molecule has 0 bridgehead atoms. The largest absolute Gasteiger partial charge is 0.504 e. The summed E-state index contributed by atoms with van der Waals surface area (Å²) >= 11 is 0. The summed E-state index contributed by atoms with van der Waals surface area (Å²) in [5.74, 6) is 0.360. The van der Waals surface area contributed by atoms with Crippen molar-refractivity contribution in [1.82, 2.24) is 0 Å². The highest BCUT2D eigenvalue weighted by molar-refractivity contribution is 6.62. The van der Waals surface area contributed by atoms with Crippen molar-refractivity contribution in [1.29, 1.82) is 0 Å². The van der Waals surface area contributed by atoms with Crippen LogP contribution in [0.4, 0.5) is 0 Å². The molecule has 0 amide bonds. The van der Waals surface area contributed by atoms with Crippen LogP contribution in [0.2, 0.25) is 11.1 Å². The molecular weight excluding hydrogens is 949 g/mol. The van der Waals surface area contributed by atoms with Gasteiger partial charge in [-0.3, -0.25) is 4.79 Å². The van der Waals surface area contributed by atoms with Gasteiger partial charge in [0.25, 0.3) is 0 Å². The Morgan fingerprint density at radius 3 is 0.714 bits per heavy atom. The first-order valence-corrected chi connectivity index (χ1v) is 29.7. The third-order valence-electron chi connectivity index (χ3n) is 11.2. The van der Waals surface area contributed by atoms with E-state index in [1.54, 1.807) is 42.7 Å². The van der Waals surface area contributed by atoms with Gasteiger partial charge >= 0.3 is 17.6 Å². The molecule has 0 N–H and O–H groups in total. The van der Waals surface area contributed by atoms with Gasteiger partial charge in [0.1, 0.15) is 5.78 Å². The number of hydrogen-bond acceptors (Lipinski definition) is 19. The molecule has 0 heterocycles. The lowest BCUT2D eigenvalue weighted by Gasteiger charge is -2.34. The van der Waals surface area contributed by atoms with E-state index in [1.807, 2.05) is 0 Å². The van der Waals surface area contributed by atoms with Crippen LogP contribution in [-0.2, 0) is 88.2 Å². The molecular formula is C49H102O19Si2. The molecule has 0 radical (unpaired) electrons. The molecule has 0 aliphatic rings. The van der Waals surface area contributed by atoms with Gasteiger partial charge in [-0.1, -0.05) is 65.2 Å². The number of hydrogen-bond donors (Lipinski definition) is 0. The number of methoxy groups -OCH3 is 6. The highest BCUT2D eigenvalue weighted by Gasteiger charge is 2.48. The second kappa shape index (κ2) is 53.2. The zero-order valence-electron chi connectivity index (χ0n) is 45.3. The molecule has 2 unspecified atom stereocenters. The minimum Gasteiger partial charge on any atom is -0.382 e. The van der Waals surface area contributed by atoms with Gasteiger partial charge in [-0.05, 0) is 25.7 Å². The standard InChI is InChI=1S/C49H102O19Si2/c1-47(69(63-41-35-57-29-23-51-3,64-42-36-58-30-24-52-4)65-43-37-59-31-25-53-5)19-15-11-9-13-17-21-49(50)22-18-14-10-12-16-20-48(2)70(66-44-38-60-32-26-54-6,67-45-39-61-33-27-55-7)68-46-40-62-34-28-56-8/h47-48H,9-46H2,1-8H3. The Hall–Kier alpha value is -0.616. The fourth-order valence-corrected chi connectivity index (χ4v) is 12.6. The van der Waals surface area contributed by atoms with Crippen molar-refractivity contribution in [2.45, 2.75) is 115 Å². The van der Waals surface area contributed by atoms with E-state index in [1.165, 1.54) is 0 Å². The number of carbonyl (C=O) groups excluding carboxylic acids is 1. The third kappa shape index (κ3) is 40.7. The Morgan fingerprint density at radius 1 is 0.286 bits per heavy atom. The van der Waals surface area contributed by atoms with Crippen molar-refractivity contribution in [2.24, 2.45) is 0 Å². The summed E-state index contributed by atoms with van der Waals surface area (Å²) in [6.07, 6.45) is 13.3. The van der Waals surface area contributed by atoms with Gasteiger partial charge in [0.05, 0.1) is 159 Å². The number of ether oxygens (including phenoxy) is 12. The molecule has 0 aromatic carbocycles. The number of unbranched alkanes of at least 4 members (excludes halogenated alkanes) is 8. The lowest BCUT2D eigenvalue weighted by atomic mass is 10.0. The van der Waals surface area contributed by atoms with Crippen LogP contribution in [0.15, 0.2) is 0 Å². The van der Waals surface area contributed by atoms with Crippen molar-refractivity contribution in [2.75, 3.05) is 201 Å². The van der Waals surface area contributed by atoms with Crippen molar-refractivity contribution in [3.63, 3.8) is 0 Å². The monoisotopic (exact) mass is 1050 g/mol. The summed E-state index contributed by atoms with van der Waals surface area (Å²) in [5, 5.41) is 0. The quantitative estimate of drug-likeness (QED) is 0.0460. The fraction of sp³-hybridized carbons (Fsp3) is 0.980. The van der Waals surface area contributed by atoms with Crippen LogP contribution in [0.25, 0.3) is 0 Å². The minimum atomic E-state index is -3.17. The maximum atomic E-state index is 12.8. The van der Waals surface area contributed by atoms with E-state index in [0.29, 0.717) is 177 Å². The van der Waals surface area contributed by atoms with E-state index in [-0.39, 0.29) is 11.1 Å². The van der Waals surface area contributed by atoms with Crippen molar-refractivity contribution >= 4 is 23.4 Å². The topological polar surface area (TPSA) is 183 Å². The molecule has 19 nitrogen and oxygen atoms in total. The summed E-state index contributed by atoms with van der Waals surface area (Å²) in [6.45, 7) is 14.9. The number of carbonyl (C=O) groups is 1. The molecule has 0 rings (SSSR count). The molecule has 420 valence electrons. The average molecular weight is 1050 g/mol. The predicted molar refractivity (Wildman–Crippen MR) is 272 cm³/mol. The first kappa shape index (κ1) is 69.4. The number of Topliss-reactive ketones (excluding diaryl/α,β-unsaturated/α-hetero) is 1. The van der Waals surface area contributed by atoms with Crippen LogP contribution < -0.4 is 0 Å². The van der Waals surface area contributed by atoms with Crippen LogP contribution in [0.5, 0.6) is 0 Å². The highest BCUT2D eigenvalue weighted by Crippen LogP contribution is 2.32. The maximum absolute atomic E-state index is 12.8. The predicted octanol–water partition coefficient (Wildman–Crippen LogP) is 6.75. The smallest absolute Gasteiger partial charge is 0.382 e. The normalized spacial score (nSPS) is 13.1. The first-order valence-electron chi connectivity index (χ1n) is 26.1. The van der Waals surface area contributed by atoms with Crippen LogP contribution >= 0.6 is 0 Å². The van der Waals surface area contributed by atoms with Crippen LogP contribution in [0.3, 0.4) is 0 Å². The van der Waals surface area contributed by atoms with Gasteiger partial charge in [-0.15, -0.1) is 0 Å². The SMILES string of the molecule is COCCOCCO[Si](OCCOCCOC)(OCCOCCOC)C(C)CCCCCCCC(=O)CCCCCCCC(C)[Si](OCCOCCOC)(OCCOCCOC)OCCOCCOC. The molecule has 21 heteroatoms. The molecule has 0 saturated heterocycles. The zero-order valence-corrected chi connectivity index (χ0v) is 47.3. The highest BCUT2D eigenvalue weighted by atomic mass is 28.4. The van der Waals surface area contributed by atoms with Crippen molar-refractivity contribution < 1.29 is 88.2 Å².